The van der Waals surface area contributed by atoms with Crippen LogP contribution in [0, 0.1) is 0 Å². The van der Waals surface area contributed by atoms with Crippen molar-refractivity contribution in [1.82, 2.24) is 0 Å². The normalized spacial score (nSPS) is 13.1. The van der Waals surface area contributed by atoms with Crippen LogP contribution in [0.4, 0.5) is 4.79 Å². The van der Waals surface area contributed by atoms with E-state index in [9.17, 15) is 0 Å². The Labute approximate surface area is 110 Å². The molecule has 1 heterocycles. The number of hydrogen-bond donors (Lipinski definition) is 0. The summed E-state index contributed by atoms with van der Waals surface area (Å²) in [5, 5.41) is 16.7. The monoisotopic (exact) mass is 178 g/mol. The third-order valence-corrected chi connectivity index (χ3v) is 0.827. The molecule has 0 amide bonds. The van der Waals surface area contributed by atoms with Crippen molar-refractivity contribution in [2.45, 2.75) is 12.8 Å². The van der Waals surface area contributed by atoms with Crippen molar-refractivity contribution in [2.75, 3.05) is 13.2 Å². The third-order valence-electron chi connectivity index (χ3n) is 0.827. The molecular weight excluding hydrogens is 170 g/mol. The van der Waals surface area contributed by atoms with Gasteiger partial charge in [-0.15, -0.1) is 0 Å². The molecular formula is C5H8Na2O4. The summed E-state index contributed by atoms with van der Waals surface area (Å²) >= 11 is 0. The largest absolute Gasteiger partial charge is 1.00 e. The molecule has 0 aromatic rings. The minimum Gasteiger partial charge on any atom is -0.652 e. The average molecular weight is 178 g/mol. The van der Waals surface area contributed by atoms with Crippen LogP contribution in [-0.2, 0) is 4.74 Å². The van der Waals surface area contributed by atoms with Gasteiger partial charge < -0.3 is 19.7 Å². The molecule has 0 bridgehead atoms. The van der Waals surface area contributed by atoms with E-state index in [0.717, 1.165) is 13.2 Å². The second-order valence-corrected chi connectivity index (χ2v) is 1.57. The van der Waals surface area contributed by atoms with Crippen molar-refractivity contribution in [3.8, 4) is 0 Å². The van der Waals surface area contributed by atoms with Gasteiger partial charge in [0.25, 0.3) is 0 Å². The van der Waals surface area contributed by atoms with Crippen LogP contribution >= 0.6 is 0 Å². The van der Waals surface area contributed by atoms with Gasteiger partial charge in [-0.05, 0) is 19.0 Å². The first-order chi connectivity index (χ1) is 4.23. The standard InChI is InChI=1S/C4H8O.CH2O3.2Na/c1-2-4-5-3-1;2-1(3)4;;/h1-4H2;(H2,2,3,4);;/q;;2*+1/p-2. The Morgan fingerprint density at radius 2 is 1.36 bits per heavy atom. The second kappa shape index (κ2) is 13.8. The topological polar surface area (TPSA) is 72.4 Å². The van der Waals surface area contributed by atoms with Gasteiger partial charge in [-0.25, -0.2) is 0 Å². The van der Waals surface area contributed by atoms with E-state index in [1.807, 2.05) is 0 Å². The fourth-order valence-electron chi connectivity index (χ4n) is 0.510. The van der Waals surface area contributed by atoms with Crippen LogP contribution in [0.3, 0.4) is 0 Å². The summed E-state index contributed by atoms with van der Waals surface area (Å²) in [5.41, 5.74) is 0. The Bertz CT molecular complexity index is 72.9. The Balaban J connectivity index is -0.000000101. The minimum absolute atomic E-state index is 0. The Hall–Kier alpha value is 1.23. The van der Waals surface area contributed by atoms with Gasteiger partial charge >= 0.3 is 59.1 Å². The summed E-state index contributed by atoms with van der Waals surface area (Å²) in [4.78, 5) is 8.33. The molecule has 0 aromatic heterocycles. The first-order valence-electron chi connectivity index (χ1n) is 2.69. The van der Waals surface area contributed by atoms with E-state index < -0.39 is 6.16 Å². The minimum atomic E-state index is -2.33. The molecule has 1 saturated heterocycles. The van der Waals surface area contributed by atoms with Crippen molar-refractivity contribution in [3.63, 3.8) is 0 Å². The summed E-state index contributed by atoms with van der Waals surface area (Å²) in [7, 11) is 0. The quantitative estimate of drug-likeness (QED) is 0.345. The predicted octanol–water partition coefficient (Wildman–Crippen LogP) is -7.64. The predicted molar refractivity (Wildman–Crippen MR) is 25.4 cm³/mol. The van der Waals surface area contributed by atoms with E-state index in [1.165, 1.54) is 12.8 Å². The zero-order valence-electron chi connectivity index (χ0n) is 6.96. The molecule has 0 atom stereocenters. The van der Waals surface area contributed by atoms with Crippen molar-refractivity contribution in [3.05, 3.63) is 0 Å². The fraction of sp³-hybridized carbons (Fsp3) is 0.800. The zero-order valence-corrected chi connectivity index (χ0v) is 11.0. The summed E-state index contributed by atoms with van der Waals surface area (Å²) < 4.78 is 4.94. The van der Waals surface area contributed by atoms with Crippen LogP contribution in [-0.4, -0.2) is 19.4 Å². The first kappa shape index (κ1) is 18.1. The molecule has 0 aliphatic carbocycles. The number of carbonyl (C=O) groups excluding carboxylic acids is 1. The van der Waals surface area contributed by atoms with Crippen LogP contribution in [0.1, 0.15) is 12.8 Å². The summed E-state index contributed by atoms with van der Waals surface area (Å²) in [6, 6.07) is 0. The van der Waals surface area contributed by atoms with Crippen molar-refractivity contribution in [1.29, 1.82) is 0 Å². The average Bonchev–Trinajstić information content (AvgIpc) is 2.11. The van der Waals surface area contributed by atoms with Crippen molar-refractivity contribution >= 4 is 6.16 Å². The summed E-state index contributed by atoms with van der Waals surface area (Å²) in [6.45, 7) is 2.00. The Morgan fingerprint density at radius 1 is 1.09 bits per heavy atom. The molecule has 0 aromatic carbocycles. The molecule has 54 valence electrons. The van der Waals surface area contributed by atoms with E-state index in [4.69, 9.17) is 19.7 Å². The van der Waals surface area contributed by atoms with E-state index in [-0.39, 0.29) is 59.1 Å². The number of carbonyl (C=O) groups is 1. The maximum absolute atomic E-state index is 8.33. The third kappa shape index (κ3) is 24.6. The first-order valence-corrected chi connectivity index (χ1v) is 2.69. The van der Waals surface area contributed by atoms with Gasteiger partial charge in [-0.3, -0.25) is 0 Å². The number of carboxylic acid groups (broad SMARTS) is 2. The van der Waals surface area contributed by atoms with Gasteiger partial charge in [0, 0.05) is 13.2 Å². The number of ether oxygens (including phenoxy) is 1. The Morgan fingerprint density at radius 3 is 1.45 bits per heavy atom. The van der Waals surface area contributed by atoms with Crippen LogP contribution < -0.4 is 69.3 Å². The molecule has 1 fully saturated rings. The van der Waals surface area contributed by atoms with Crippen molar-refractivity contribution < 1.29 is 78.9 Å². The number of rotatable bonds is 0. The molecule has 1 aliphatic rings. The molecule has 1 rings (SSSR count). The molecule has 0 radical (unpaired) electrons. The smallest absolute Gasteiger partial charge is 0.652 e. The van der Waals surface area contributed by atoms with Gasteiger partial charge in [-0.2, -0.15) is 0 Å². The molecule has 0 spiro atoms. The molecule has 0 saturated carbocycles. The second-order valence-electron chi connectivity index (χ2n) is 1.57. The Kier molecular flexibility index (Phi) is 22.7. The van der Waals surface area contributed by atoms with Crippen LogP contribution in [0.25, 0.3) is 0 Å². The molecule has 0 N–H and O–H groups in total. The maximum Gasteiger partial charge on any atom is 1.00 e. The van der Waals surface area contributed by atoms with Gasteiger partial charge in [0.15, 0.2) is 0 Å². The maximum atomic E-state index is 8.33. The fourth-order valence-corrected chi connectivity index (χ4v) is 0.510. The number of hydrogen-bond acceptors (Lipinski definition) is 4. The van der Waals surface area contributed by atoms with Crippen LogP contribution in [0.2, 0.25) is 0 Å². The van der Waals surface area contributed by atoms with Gasteiger partial charge in [-0.1, -0.05) is 0 Å². The zero-order chi connectivity index (χ0) is 7.11. The van der Waals surface area contributed by atoms with Gasteiger partial charge in [0.2, 0.25) is 0 Å². The van der Waals surface area contributed by atoms with Crippen molar-refractivity contribution in [2.24, 2.45) is 0 Å². The summed E-state index contributed by atoms with van der Waals surface area (Å²) in [5.74, 6) is 0. The van der Waals surface area contributed by atoms with E-state index in [2.05, 4.69) is 0 Å². The van der Waals surface area contributed by atoms with Crippen LogP contribution in [0.15, 0.2) is 0 Å². The van der Waals surface area contributed by atoms with Gasteiger partial charge in [0.1, 0.15) is 0 Å². The molecule has 11 heavy (non-hydrogen) atoms. The molecule has 6 heteroatoms. The molecule has 4 nitrogen and oxygen atoms in total. The van der Waals surface area contributed by atoms with E-state index in [0.29, 0.717) is 0 Å². The SMILES string of the molecule is C1CCOC1.O=C([O-])[O-].[Na+].[Na+]. The van der Waals surface area contributed by atoms with E-state index in [1.54, 1.807) is 0 Å². The van der Waals surface area contributed by atoms with Crippen LogP contribution in [0.5, 0.6) is 0 Å². The van der Waals surface area contributed by atoms with E-state index >= 15 is 0 Å². The molecule has 1 aliphatic heterocycles. The summed E-state index contributed by atoms with van der Waals surface area (Å²) in [6.07, 6.45) is 0.222. The van der Waals surface area contributed by atoms with Gasteiger partial charge in [0.05, 0.1) is 0 Å². The molecule has 0 unspecified atom stereocenters.